The molecule has 0 fully saturated rings. The molecule has 0 amide bonds. The molecule has 0 bridgehead atoms. The SMILES string of the molecule is O=C(O)c1ccc(-n2c(-c3c(Cl)cccc3Cl)nc(-c3ccccc3)c2-c2ccccc2)cc1. The largest absolute Gasteiger partial charge is 0.478 e. The van der Waals surface area contributed by atoms with Crippen LogP contribution in [0, 0.1) is 0 Å². The van der Waals surface area contributed by atoms with Crippen molar-refractivity contribution in [2.45, 2.75) is 0 Å². The van der Waals surface area contributed by atoms with Gasteiger partial charge in [-0.25, -0.2) is 9.78 Å². The minimum absolute atomic E-state index is 0.200. The number of benzene rings is 4. The number of nitrogens with zero attached hydrogens (tertiary/aromatic N) is 2. The number of carboxylic acid groups (broad SMARTS) is 1. The Bertz CT molecular complexity index is 1460. The maximum absolute atomic E-state index is 11.4. The molecule has 0 saturated heterocycles. The molecule has 0 spiro atoms. The Hall–Kier alpha value is -3.86. The van der Waals surface area contributed by atoms with Gasteiger partial charge >= 0.3 is 5.97 Å². The fourth-order valence-corrected chi connectivity index (χ4v) is 4.53. The lowest BCUT2D eigenvalue weighted by molar-refractivity contribution is 0.0697. The highest BCUT2D eigenvalue weighted by Gasteiger charge is 2.25. The molecule has 4 aromatic carbocycles. The van der Waals surface area contributed by atoms with Crippen molar-refractivity contribution in [2.24, 2.45) is 0 Å². The van der Waals surface area contributed by atoms with Crippen molar-refractivity contribution in [1.29, 1.82) is 0 Å². The summed E-state index contributed by atoms with van der Waals surface area (Å²) in [4.78, 5) is 16.5. The summed E-state index contributed by atoms with van der Waals surface area (Å²) in [5.74, 6) is -0.420. The average molecular weight is 485 g/mol. The summed E-state index contributed by atoms with van der Waals surface area (Å²) >= 11 is 13.3. The predicted octanol–water partition coefficient (Wildman–Crippen LogP) is 7.88. The molecule has 0 unspecified atom stereocenters. The topological polar surface area (TPSA) is 55.1 Å². The number of aromatic carboxylic acids is 1. The standard InChI is InChI=1S/C28H18Cl2N2O2/c29-22-12-7-13-23(30)24(22)27-31-25(18-8-3-1-4-9-18)26(19-10-5-2-6-11-19)32(27)21-16-14-20(15-17-21)28(33)34/h1-17H,(H,33,34). The van der Waals surface area contributed by atoms with Crippen LogP contribution < -0.4 is 0 Å². The zero-order valence-electron chi connectivity index (χ0n) is 17.8. The Morgan fingerprint density at radius 1 is 0.706 bits per heavy atom. The van der Waals surface area contributed by atoms with Crippen molar-refractivity contribution < 1.29 is 9.90 Å². The number of imidazole rings is 1. The first-order valence-corrected chi connectivity index (χ1v) is 11.3. The lowest BCUT2D eigenvalue weighted by Crippen LogP contribution is -2.02. The Labute approximate surface area is 206 Å². The highest BCUT2D eigenvalue weighted by Crippen LogP contribution is 2.42. The van der Waals surface area contributed by atoms with Crippen molar-refractivity contribution >= 4 is 29.2 Å². The quantitative estimate of drug-likeness (QED) is 0.276. The van der Waals surface area contributed by atoms with Gasteiger partial charge in [-0.15, -0.1) is 0 Å². The molecule has 166 valence electrons. The third-order valence-electron chi connectivity index (χ3n) is 5.53. The monoisotopic (exact) mass is 484 g/mol. The second kappa shape index (κ2) is 9.18. The predicted molar refractivity (Wildman–Crippen MR) is 137 cm³/mol. The molecule has 0 saturated carbocycles. The van der Waals surface area contributed by atoms with Gasteiger partial charge in [-0.2, -0.15) is 0 Å². The van der Waals surface area contributed by atoms with E-state index in [0.717, 1.165) is 28.2 Å². The molecular weight excluding hydrogens is 467 g/mol. The van der Waals surface area contributed by atoms with E-state index in [1.807, 2.05) is 65.2 Å². The molecule has 5 aromatic rings. The number of carbonyl (C=O) groups is 1. The minimum atomic E-state index is -0.986. The summed E-state index contributed by atoms with van der Waals surface area (Å²) in [6, 6.07) is 31.9. The molecule has 1 heterocycles. The van der Waals surface area contributed by atoms with Gasteiger partial charge in [0.05, 0.1) is 32.6 Å². The van der Waals surface area contributed by atoms with Gasteiger partial charge in [-0.1, -0.05) is 89.9 Å². The van der Waals surface area contributed by atoms with Crippen LogP contribution in [0.2, 0.25) is 10.0 Å². The van der Waals surface area contributed by atoms with E-state index in [1.165, 1.54) is 0 Å². The normalized spacial score (nSPS) is 10.9. The number of carboxylic acids is 1. The number of aromatic nitrogens is 2. The van der Waals surface area contributed by atoms with Crippen LogP contribution in [0.25, 0.3) is 39.6 Å². The van der Waals surface area contributed by atoms with Crippen LogP contribution in [-0.2, 0) is 0 Å². The van der Waals surface area contributed by atoms with Crippen LogP contribution >= 0.6 is 23.2 Å². The molecule has 0 aliphatic carbocycles. The third-order valence-corrected chi connectivity index (χ3v) is 6.16. The zero-order valence-corrected chi connectivity index (χ0v) is 19.3. The molecule has 0 atom stereocenters. The van der Waals surface area contributed by atoms with Crippen LogP contribution in [0.1, 0.15) is 10.4 Å². The number of hydrogen-bond donors (Lipinski definition) is 1. The van der Waals surface area contributed by atoms with Gasteiger partial charge in [0.1, 0.15) is 5.82 Å². The van der Waals surface area contributed by atoms with Crippen molar-refractivity contribution in [3.63, 3.8) is 0 Å². The second-order valence-electron chi connectivity index (χ2n) is 7.65. The van der Waals surface area contributed by atoms with Crippen LogP contribution in [0.15, 0.2) is 103 Å². The zero-order chi connectivity index (χ0) is 23.7. The number of hydrogen-bond acceptors (Lipinski definition) is 2. The molecule has 0 aliphatic heterocycles. The Morgan fingerprint density at radius 2 is 1.26 bits per heavy atom. The van der Waals surface area contributed by atoms with Crippen LogP contribution in [0.4, 0.5) is 0 Å². The lowest BCUT2D eigenvalue weighted by Gasteiger charge is -2.15. The van der Waals surface area contributed by atoms with Crippen molar-refractivity contribution in [3.05, 3.63) is 119 Å². The van der Waals surface area contributed by atoms with E-state index in [1.54, 1.807) is 42.5 Å². The highest BCUT2D eigenvalue weighted by atomic mass is 35.5. The summed E-state index contributed by atoms with van der Waals surface area (Å²) < 4.78 is 1.98. The lowest BCUT2D eigenvalue weighted by atomic mass is 10.0. The van der Waals surface area contributed by atoms with Crippen LogP contribution in [0.3, 0.4) is 0 Å². The van der Waals surface area contributed by atoms with Gasteiger partial charge in [0.15, 0.2) is 0 Å². The van der Waals surface area contributed by atoms with E-state index >= 15 is 0 Å². The van der Waals surface area contributed by atoms with Crippen molar-refractivity contribution in [3.8, 4) is 39.6 Å². The first kappa shape index (κ1) is 22.0. The fourth-order valence-electron chi connectivity index (χ4n) is 3.96. The molecule has 5 rings (SSSR count). The summed E-state index contributed by atoms with van der Waals surface area (Å²) in [6.45, 7) is 0. The first-order chi connectivity index (χ1) is 16.5. The van der Waals surface area contributed by atoms with Crippen LogP contribution in [0.5, 0.6) is 0 Å². The van der Waals surface area contributed by atoms with E-state index in [-0.39, 0.29) is 5.56 Å². The molecule has 34 heavy (non-hydrogen) atoms. The van der Waals surface area contributed by atoms with E-state index in [2.05, 4.69) is 0 Å². The minimum Gasteiger partial charge on any atom is -0.478 e. The average Bonchev–Trinajstić information content (AvgIpc) is 3.25. The summed E-state index contributed by atoms with van der Waals surface area (Å²) in [5.41, 5.74) is 5.04. The summed E-state index contributed by atoms with van der Waals surface area (Å²) in [6.07, 6.45) is 0. The Morgan fingerprint density at radius 3 is 1.82 bits per heavy atom. The van der Waals surface area contributed by atoms with Crippen LogP contribution in [-0.4, -0.2) is 20.6 Å². The Kier molecular flexibility index (Phi) is 5.93. The fraction of sp³-hybridized carbons (Fsp3) is 0. The van der Waals surface area contributed by atoms with E-state index in [0.29, 0.717) is 21.4 Å². The second-order valence-corrected chi connectivity index (χ2v) is 8.46. The Balaban J connectivity index is 1.90. The molecular formula is C28H18Cl2N2O2. The summed E-state index contributed by atoms with van der Waals surface area (Å²) in [7, 11) is 0. The van der Waals surface area contributed by atoms with Gasteiger partial charge in [-0.05, 0) is 36.4 Å². The molecule has 4 nitrogen and oxygen atoms in total. The maximum Gasteiger partial charge on any atom is 0.335 e. The highest BCUT2D eigenvalue weighted by molar-refractivity contribution is 6.39. The molecule has 1 N–H and O–H groups in total. The van der Waals surface area contributed by atoms with E-state index < -0.39 is 5.97 Å². The van der Waals surface area contributed by atoms with E-state index in [9.17, 15) is 9.90 Å². The van der Waals surface area contributed by atoms with Gasteiger partial charge < -0.3 is 5.11 Å². The number of rotatable bonds is 5. The van der Waals surface area contributed by atoms with Gasteiger partial charge in [0.2, 0.25) is 0 Å². The maximum atomic E-state index is 11.4. The molecule has 6 heteroatoms. The molecule has 0 radical (unpaired) electrons. The smallest absolute Gasteiger partial charge is 0.335 e. The van der Waals surface area contributed by atoms with E-state index in [4.69, 9.17) is 28.2 Å². The summed E-state index contributed by atoms with van der Waals surface area (Å²) in [5, 5.41) is 10.3. The van der Waals surface area contributed by atoms with Crippen molar-refractivity contribution in [1.82, 2.24) is 9.55 Å². The molecule has 1 aromatic heterocycles. The van der Waals surface area contributed by atoms with Gasteiger partial charge in [0, 0.05) is 16.8 Å². The molecule has 0 aliphatic rings. The first-order valence-electron chi connectivity index (χ1n) is 10.6. The third kappa shape index (κ3) is 3.98. The van der Waals surface area contributed by atoms with Gasteiger partial charge in [0.25, 0.3) is 0 Å². The van der Waals surface area contributed by atoms with Crippen molar-refractivity contribution in [2.75, 3.05) is 0 Å². The number of halogens is 2. The van der Waals surface area contributed by atoms with Gasteiger partial charge in [-0.3, -0.25) is 4.57 Å².